The predicted molar refractivity (Wildman–Crippen MR) is 125 cm³/mol. The SMILES string of the molecule is Cc1[nH]c2ccccc2c1C(=O)C(=O)NNC(=O)c1ccccc1OCc1ccc(Cl)cc1. The van der Waals surface area contributed by atoms with Crippen molar-refractivity contribution in [3.05, 3.63) is 100 Å². The molecule has 166 valence electrons. The van der Waals surface area contributed by atoms with Crippen molar-refractivity contribution in [1.82, 2.24) is 15.8 Å². The van der Waals surface area contributed by atoms with E-state index in [1.165, 1.54) is 0 Å². The fourth-order valence-corrected chi connectivity index (χ4v) is 3.57. The molecule has 0 spiro atoms. The lowest BCUT2D eigenvalue weighted by Crippen LogP contribution is -2.45. The third kappa shape index (κ3) is 4.88. The summed E-state index contributed by atoms with van der Waals surface area (Å²) < 4.78 is 5.77. The minimum atomic E-state index is -0.948. The van der Waals surface area contributed by atoms with Crippen LogP contribution in [-0.2, 0) is 11.4 Å². The Morgan fingerprint density at radius 3 is 2.39 bits per heavy atom. The average Bonchev–Trinajstić information content (AvgIpc) is 3.17. The van der Waals surface area contributed by atoms with Crippen molar-refractivity contribution in [3.8, 4) is 5.75 Å². The van der Waals surface area contributed by atoms with Crippen molar-refractivity contribution in [3.63, 3.8) is 0 Å². The summed E-state index contributed by atoms with van der Waals surface area (Å²) in [6.07, 6.45) is 0. The van der Waals surface area contributed by atoms with E-state index in [-0.39, 0.29) is 17.7 Å². The van der Waals surface area contributed by atoms with E-state index in [9.17, 15) is 14.4 Å². The fraction of sp³-hybridized carbons (Fsp3) is 0.0800. The van der Waals surface area contributed by atoms with E-state index in [2.05, 4.69) is 15.8 Å². The van der Waals surface area contributed by atoms with E-state index in [1.54, 1.807) is 55.5 Å². The summed E-state index contributed by atoms with van der Waals surface area (Å²) in [5, 5.41) is 1.26. The number of ether oxygens (including phenoxy) is 1. The highest BCUT2D eigenvalue weighted by atomic mass is 35.5. The first-order valence-electron chi connectivity index (χ1n) is 10.1. The molecule has 8 heteroatoms. The van der Waals surface area contributed by atoms with Crippen molar-refractivity contribution < 1.29 is 19.1 Å². The Morgan fingerprint density at radius 1 is 0.909 bits per heavy atom. The van der Waals surface area contributed by atoms with E-state index >= 15 is 0 Å². The van der Waals surface area contributed by atoms with Crippen LogP contribution < -0.4 is 15.6 Å². The molecule has 0 fully saturated rings. The van der Waals surface area contributed by atoms with Gasteiger partial charge < -0.3 is 9.72 Å². The van der Waals surface area contributed by atoms with Gasteiger partial charge in [-0.3, -0.25) is 25.2 Å². The molecule has 3 aromatic carbocycles. The van der Waals surface area contributed by atoms with Gasteiger partial charge in [0.25, 0.3) is 11.7 Å². The average molecular weight is 462 g/mol. The summed E-state index contributed by atoms with van der Waals surface area (Å²) in [6.45, 7) is 1.94. The molecule has 3 N–H and O–H groups in total. The zero-order valence-corrected chi connectivity index (χ0v) is 18.4. The molecule has 4 rings (SSSR count). The summed E-state index contributed by atoms with van der Waals surface area (Å²) in [4.78, 5) is 40.9. The molecule has 1 heterocycles. The van der Waals surface area contributed by atoms with Crippen LogP contribution in [0.25, 0.3) is 10.9 Å². The molecule has 0 radical (unpaired) electrons. The third-order valence-electron chi connectivity index (χ3n) is 5.06. The highest BCUT2D eigenvalue weighted by Crippen LogP contribution is 2.22. The molecule has 33 heavy (non-hydrogen) atoms. The third-order valence-corrected chi connectivity index (χ3v) is 5.31. The molecule has 2 amide bonds. The molecule has 7 nitrogen and oxygen atoms in total. The standard InChI is InChI=1S/C25H20ClN3O4/c1-15-22(18-6-2-4-8-20(18)27-15)23(30)25(32)29-28-24(31)19-7-3-5-9-21(19)33-14-16-10-12-17(26)13-11-16/h2-13,27H,14H2,1H3,(H,28,31)(H,29,32). The van der Waals surface area contributed by atoms with Gasteiger partial charge in [-0.05, 0) is 42.8 Å². The normalized spacial score (nSPS) is 10.6. The van der Waals surface area contributed by atoms with Crippen molar-refractivity contribution in [2.75, 3.05) is 0 Å². The van der Waals surface area contributed by atoms with Gasteiger partial charge in [0.15, 0.2) is 0 Å². The Labute approximate surface area is 194 Å². The van der Waals surface area contributed by atoms with E-state index < -0.39 is 17.6 Å². The fourth-order valence-electron chi connectivity index (χ4n) is 3.44. The zero-order chi connectivity index (χ0) is 23.4. The minimum absolute atomic E-state index is 0.211. The number of Topliss-reactive ketones (excluding diaryl/α,β-unsaturated/α-hetero) is 1. The summed E-state index contributed by atoms with van der Waals surface area (Å²) >= 11 is 5.89. The van der Waals surface area contributed by atoms with Gasteiger partial charge in [0.1, 0.15) is 12.4 Å². The van der Waals surface area contributed by atoms with Gasteiger partial charge in [-0.25, -0.2) is 0 Å². The maximum atomic E-state index is 12.7. The number of benzene rings is 3. The van der Waals surface area contributed by atoms with Gasteiger partial charge in [0, 0.05) is 21.6 Å². The molecule has 0 aliphatic heterocycles. The second-order valence-electron chi connectivity index (χ2n) is 7.32. The van der Waals surface area contributed by atoms with Gasteiger partial charge in [-0.2, -0.15) is 0 Å². The molecule has 0 atom stereocenters. The number of hydrazine groups is 1. The highest BCUT2D eigenvalue weighted by Gasteiger charge is 2.23. The first-order valence-corrected chi connectivity index (χ1v) is 10.5. The zero-order valence-electron chi connectivity index (χ0n) is 17.6. The number of rotatable bonds is 6. The number of ketones is 1. The smallest absolute Gasteiger partial charge is 0.310 e. The van der Waals surface area contributed by atoms with Gasteiger partial charge in [0.2, 0.25) is 0 Å². The lowest BCUT2D eigenvalue weighted by molar-refractivity contribution is -0.117. The van der Waals surface area contributed by atoms with Crippen molar-refractivity contribution in [2.24, 2.45) is 0 Å². The minimum Gasteiger partial charge on any atom is -0.488 e. The maximum Gasteiger partial charge on any atom is 0.310 e. The number of carbonyl (C=O) groups is 3. The number of amides is 2. The van der Waals surface area contributed by atoms with E-state index in [4.69, 9.17) is 16.3 Å². The number of aryl methyl sites for hydroxylation is 1. The lowest BCUT2D eigenvalue weighted by Gasteiger charge is -2.12. The number of hydrogen-bond acceptors (Lipinski definition) is 4. The summed E-state index contributed by atoms with van der Waals surface area (Å²) in [5.41, 5.74) is 7.16. The number of carbonyl (C=O) groups excluding carboxylic acids is 3. The van der Waals surface area contributed by atoms with Crippen molar-refractivity contribution in [2.45, 2.75) is 13.5 Å². The summed E-state index contributed by atoms with van der Waals surface area (Å²) in [7, 11) is 0. The van der Waals surface area contributed by atoms with Gasteiger partial charge >= 0.3 is 5.91 Å². The Kier molecular flexibility index (Phi) is 6.42. The van der Waals surface area contributed by atoms with Crippen LogP contribution in [0, 0.1) is 6.92 Å². The molecule has 1 aromatic heterocycles. The van der Waals surface area contributed by atoms with Crippen LogP contribution in [-0.4, -0.2) is 22.6 Å². The Balaban J connectivity index is 1.42. The van der Waals surface area contributed by atoms with Crippen LogP contribution in [0.15, 0.2) is 72.8 Å². The Hall–Kier alpha value is -4.10. The van der Waals surface area contributed by atoms with Crippen LogP contribution in [0.4, 0.5) is 0 Å². The van der Waals surface area contributed by atoms with Crippen LogP contribution >= 0.6 is 11.6 Å². The second kappa shape index (κ2) is 9.58. The van der Waals surface area contributed by atoms with Crippen molar-refractivity contribution in [1.29, 1.82) is 0 Å². The molecule has 0 unspecified atom stereocenters. The van der Waals surface area contributed by atoms with Gasteiger partial charge in [-0.15, -0.1) is 0 Å². The number of hydrogen-bond donors (Lipinski definition) is 3. The second-order valence-corrected chi connectivity index (χ2v) is 7.76. The monoisotopic (exact) mass is 461 g/mol. The van der Waals surface area contributed by atoms with E-state index in [0.717, 1.165) is 11.1 Å². The van der Waals surface area contributed by atoms with E-state index in [0.29, 0.717) is 21.9 Å². The van der Waals surface area contributed by atoms with Crippen LogP contribution in [0.1, 0.15) is 32.0 Å². The molecule has 0 saturated carbocycles. The highest BCUT2D eigenvalue weighted by molar-refractivity contribution is 6.45. The molecule has 0 aliphatic carbocycles. The number of halogens is 1. The number of H-pyrrole nitrogens is 1. The molecular weight excluding hydrogens is 442 g/mol. The topological polar surface area (TPSA) is 100 Å². The van der Waals surface area contributed by atoms with Crippen molar-refractivity contribution >= 4 is 40.1 Å². The number of aromatic nitrogens is 1. The predicted octanol–water partition coefficient (Wildman–Crippen LogP) is 4.35. The first kappa shape index (κ1) is 22.1. The molecule has 0 saturated heterocycles. The molecule has 0 aliphatic rings. The number of fused-ring (bicyclic) bond motifs is 1. The maximum absolute atomic E-state index is 12.7. The van der Waals surface area contributed by atoms with Crippen LogP contribution in [0.2, 0.25) is 5.02 Å². The quantitative estimate of drug-likeness (QED) is 0.226. The molecular formula is C25H20ClN3O4. The number of aromatic amines is 1. The van der Waals surface area contributed by atoms with Gasteiger partial charge in [0.05, 0.1) is 11.1 Å². The largest absolute Gasteiger partial charge is 0.488 e. The lowest BCUT2D eigenvalue weighted by atomic mass is 10.1. The Morgan fingerprint density at radius 2 is 1.61 bits per heavy atom. The molecule has 0 bridgehead atoms. The summed E-state index contributed by atoms with van der Waals surface area (Å²) in [6, 6.07) is 21.0. The van der Waals surface area contributed by atoms with Gasteiger partial charge in [-0.1, -0.05) is 54.1 Å². The molecule has 4 aromatic rings. The summed E-state index contributed by atoms with van der Waals surface area (Å²) in [5.74, 6) is -1.98. The van der Waals surface area contributed by atoms with E-state index in [1.807, 2.05) is 24.3 Å². The van der Waals surface area contributed by atoms with Crippen LogP contribution in [0.3, 0.4) is 0 Å². The number of para-hydroxylation sites is 2. The number of nitrogens with one attached hydrogen (secondary N) is 3. The van der Waals surface area contributed by atoms with Crippen LogP contribution in [0.5, 0.6) is 5.75 Å². The Bertz CT molecular complexity index is 1350. The first-order chi connectivity index (χ1) is 15.9.